The monoisotopic (exact) mass is 269 g/mol. The minimum Gasteiger partial charge on any atom is -0.481 e. The Balaban J connectivity index is 2.24. The number of nitrogens with zero attached hydrogens (tertiary/aromatic N) is 1. The molecule has 1 N–H and O–H groups in total. The van der Waals surface area contributed by atoms with Gasteiger partial charge in [-0.2, -0.15) is 0 Å². The average molecular weight is 269 g/mol. The molecule has 1 aliphatic rings. The normalized spacial score (nSPS) is 19.4. The van der Waals surface area contributed by atoms with Gasteiger partial charge >= 0.3 is 5.97 Å². The molecule has 1 saturated heterocycles. The molecular formula is C11H8FNO4S. The molecule has 5 nitrogen and oxygen atoms in total. The Hall–Kier alpha value is -1.89. The molecule has 1 aromatic rings. The van der Waals surface area contributed by atoms with E-state index in [1.54, 1.807) is 0 Å². The lowest BCUT2D eigenvalue weighted by Crippen LogP contribution is -2.32. The van der Waals surface area contributed by atoms with Gasteiger partial charge in [0.25, 0.3) is 5.24 Å². The van der Waals surface area contributed by atoms with Crippen molar-refractivity contribution in [2.24, 2.45) is 0 Å². The Morgan fingerprint density at radius 2 is 1.94 bits per heavy atom. The lowest BCUT2D eigenvalue weighted by molar-refractivity contribution is -0.138. The average Bonchev–Trinajstić information content (AvgIpc) is 2.55. The van der Waals surface area contributed by atoms with Crippen LogP contribution in [0.4, 0.5) is 14.9 Å². The fourth-order valence-corrected chi connectivity index (χ4v) is 2.55. The summed E-state index contributed by atoms with van der Waals surface area (Å²) >= 11 is 0.672. The van der Waals surface area contributed by atoms with Crippen molar-refractivity contribution in [2.75, 3.05) is 4.90 Å². The van der Waals surface area contributed by atoms with Gasteiger partial charge in [0, 0.05) is 0 Å². The molecule has 94 valence electrons. The van der Waals surface area contributed by atoms with Crippen LogP contribution in [0.3, 0.4) is 0 Å². The molecule has 0 aromatic heterocycles. The third kappa shape index (κ3) is 2.35. The molecule has 18 heavy (non-hydrogen) atoms. The molecule has 0 bridgehead atoms. The van der Waals surface area contributed by atoms with Gasteiger partial charge in [-0.3, -0.25) is 14.4 Å². The van der Waals surface area contributed by atoms with E-state index in [0.29, 0.717) is 11.8 Å². The molecule has 2 amide bonds. The number of hydrogen-bond acceptors (Lipinski definition) is 4. The molecule has 1 unspecified atom stereocenters. The van der Waals surface area contributed by atoms with Crippen LogP contribution >= 0.6 is 11.8 Å². The number of halogens is 1. The minimum absolute atomic E-state index is 0.242. The van der Waals surface area contributed by atoms with Crippen LogP contribution in [0.1, 0.15) is 6.42 Å². The number of benzene rings is 1. The van der Waals surface area contributed by atoms with Gasteiger partial charge < -0.3 is 5.11 Å². The van der Waals surface area contributed by atoms with E-state index < -0.39 is 34.6 Å². The number of imide groups is 1. The van der Waals surface area contributed by atoms with Gasteiger partial charge in [-0.05, 0) is 36.0 Å². The maximum Gasteiger partial charge on any atom is 0.305 e. The number of aliphatic carboxylic acids is 1. The van der Waals surface area contributed by atoms with Gasteiger partial charge in [-0.15, -0.1) is 0 Å². The summed E-state index contributed by atoms with van der Waals surface area (Å²) in [6, 6.07) is 4.86. The van der Waals surface area contributed by atoms with Crippen LogP contribution in [0.2, 0.25) is 0 Å². The zero-order valence-electron chi connectivity index (χ0n) is 9.00. The molecule has 0 saturated carbocycles. The molecule has 1 aromatic carbocycles. The van der Waals surface area contributed by atoms with E-state index >= 15 is 0 Å². The van der Waals surface area contributed by atoms with Crippen molar-refractivity contribution in [2.45, 2.75) is 11.7 Å². The highest BCUT2D eigenvalue weighted by atomic mass is 32.2. The van der Waals surface area contributed by atoms with Crippen LogP contribution in [0.15, 0.2) is 24.3 Å². The highest BCUT2D eigenvalue weighted by Crippen LogP contribution is 2.33. The van der Waals surface area contributed by atoms with Crippen molar-refractivity contribution in [1.82, 2.24) is 0 Å². The summed E-state index contributed by atoms with van der Waals surface area (Å²) in [6.07, 6.45) is -0.410. The number of carboxylic acids is 1. The number of hydrogen-bond donors (Lipinski definition) is 1. The zero-order valence-corrected chi connectivity index (χ0v) is 9.82. The fraction of sp³-hybridized carbons (Fsp3) is 0.182. The van der Waals surface area contributed by atoms with Crippen LogP contribution in [0, 0.1) is 5.82 Å². The van der Waals surface area contributed by atoms with Crippen LogP contribution in [-0.2, 0) is 9.59 Å². The third-order valence-electron chi connectivity index (χ3n) is 2.37. The van der Waals surface area contributed by atoms with Crippen molar-refractivity contribution in [3.8, 4) is 0 Å². The molecule has 1 heterocycles. The Labute approximate surface area is 106 Å². The van der Waals surface area contributed by atoms with Crippen LogP contribution in [-0.4, -0.2) is 27.5 Å². The van der Waals surface area contributed by atoms with Crippen LogP contribution < -0.4 is 4.90 Å². The number of rotatable bonds is 3. The first-order valence-electron chi connectivity index (χ1n) is 5.01. The van der Waals surface area contributed by atoms with Gasteiger partial charge in [0.1, 0.15) is 11.1 Å². The molecule has 0 radical (unpaired) electrons. The second kappa shape index (κ2) is 4.77. The van der Waals surface area contributed by atoms with Gasteiger partial charge in [-0.25, -0.2) is 9.29 Å². The number of thioether (sulfide) groups is 1. The first-order chi connectivity index (χ1) is 8.49. The summed E-state index contributed by atoms with van der Waals surface area (Å²) in [4.78, 5) is 34.9. The number of carbonyl (C=O) groups excluding carboxylic acids is 2. The highest BCUT2D eigenvalue weighted by Gasteiger charge is 2.41. The van der Waals surface area contributed by atoms with Crippen molar-refractivity contribution in [1.29, 1.82) is 0 Å². The number of anilines is 1. The Kier molecular flexibility index (Phi) is 3.33. The number of amides is 2. The molecule has 1 aliphatic heterocycles. The van der Waals surface area contributed by atoms with Gasteiger partial charge in [-0.1, -0.05) is 0 Å². The van der Waals surface area contributed by atoms with Crippen LogP contribution in [0.5, 0.6) is 0 Å². The van der Waals surface area contributed by atoms with E-state index in [1.807, 2.05) is 0 Å². The van der Waals surface area contributed by atoms with Crippen LogP contribution in [0.25, 0.3) is 0 Å². The Bertz CT molecular complexity index is 516. The van der Waals surface area contributed by atoms with Crippen molar-refractivity contribution in [3.05, 3.63) is 30.1 Å². The maximum atomic E-state index is 12.7. The molecule has 1 fully saturated rings. The second-order valence-corrected chi connectivity index (χ2v) is 4.77. The SMILES string of the molecule is O=C(O)CC1SC(=O)N(c2ccc(F)cc2)C1=O. The fourth-order valence-electron chi connectivity index (χ4n) is 1.57. The first-order valence-corrected chi connectivity index (χ1v) is 5.89. The number of carboxylic acid groups (broad SMARTS) is 1. The van der Waals surface area contributed by atoms with E-state index in [-0.39, 0.29) is 5.69 Å². The molecule has 7 heteroatoms. The summed E-state index contributed by atoms with van der Waals surface area (Å²) in [6.45, 7) is 0. The summed E-state index contributed by atoms with van der Waals surface area (Å²) in [7, 11) is 0. The molecular weight excluding hydrogens is 261 g/mol. The van der Waals surface area contributed by atoms with E-state index in [1.165, 1.54) is 12.1 Å². The van der Waals surface area contributed by atoms with Crippen molar-refractivity contribution >= 4 is 34.6 Å². The first kappa shape index (κ1) is 12.6. The van der Waals surface area contributed by atoms with E-state index in [0.717, 1.165) is 17.0 Å². The predicted octanol–water partition coefficient (Wildman–Crippen LogP) is 1.87. The zero-order chi connectivity index (χ0) is 13.3. The highest BCUT2D eigenvalue weighted by molar-refractivity contribution is 8.15. The Morgan fingerprint density at radius 1 is 1.33 bits per heavy atom. The second-order valence-electron chi connectivity index (χ2n) is 3.62. The summed E-state index contributed by atoms with van der Waals surface area (Å²) in [5.41, 5.74) is 0.242. The molecule has 1 atom stereocenters. The topological polar surface area (TPSA) is 74.7 Å². The molecule has 0 aliphatic carbocycles. The summed E-state index contributed by atoms with van der Waals surface area (Å²) < 4.78 is 12.7. The van der Waals surface area contributed by atoms with Gasteiger partial charge in [0.05, 0.1) is 12.1 Å². The predicted molar refractivity (Wildman–Crippen MR) is 62.9 cm³/mol. The quantitative estimate of drug-likeness (QED) is 0.906. The lowest BCUT2D eigenvalue weighted by atomic mass is 10.2. The number of carbonyl (C=O) groups is 3. The van der Waals surface area contributed by atoms with Crippen molar-refractivity contribution in [3.63, 3.8) is 0 Å². The Morgan fingerprint density at radius 3 is 2.50 bits per heavy atom. The van der Waals surface area contributed by atoms with Crippen molar-refractivity contribution < 1.29 is 23.9 Å². The largest absolute Gasteiger partial charge is 0.481 e. The lowest BCUT2D eigenvalue weighted by Gasteiger charge is -2.13. The summed E-state index contributed by atoms with van der Waals surface area (Å²) in [5.74, 6) is -2.21. The van der Waals surface area contributed by atoms with E-state index in [9.17, 15) is 18.8 Å². The van der Waals surface area contributed by atoms with Gasteiger partial charge in [0.15, 0.2) is 0 Å². The van der Waals surface area contributed by atoms with E-state index in [4.69, 9.17) is 5.11 Å². The smallest absolute Gasteiger partial charge is 0.305 e. The summed E-state index contributed by atoms with van der Waals surface area (Å²) in [5, 5.41) is 7.17. The third-order valence-corrected chi connectivity index (χ3v) is 3.40. The standard InChI is InChI=1S/C11H8FNO4S/c12-6-1-3-7(4-2-6)13-10(16)8(5-9(14)15)18-11(13)17/h1-4,8H,5H2,(H,14,15). The molecule has 2 rings (SSSR count). The maximum absolute atomic E-state index is 12.7. The van der Waals surface area contributed by atoms with Gasteiger partial charge in [0.2, 0.25) is 5.91 Å². The minimum atomic E-state index is -1.14. The molecule has 0 spiro atoms. The van der Waals surface area contributed by atoms with E-state index in [2.05, 4.69) is 0 Å².